The molecule has 2 heterocycles. The van der Waals surface area contributed by atoms with Crippen molar-refractivity contribution in [3.63, 3.8) is 0 Å². The lowest BCUT2D eigenvalue weighted by molar-refractivity contribution is -0.117. The molecule has 1 aliphatic heterocycles. The maximum atomic E-state index is 11.7. The van der Waals surface area contributed by atoms with Gasteiger partial charge in [-0.3, -0.25) is 9.48 Å². The number of hydrogen-bond donors (Lipinski definition) is 2. The van der Waals surface area contributed by atoms with Crippen LogP contribution >= 0.6 is 0 Å². The predicted octanol–water partition coefficient (Wildman–Crippen LogP) is 1.42. The van der Waals surface area contributed by atoms with Gasteiger partial charge in [-0.15, -0.1) is 0 Å². The summed E-state index contributed by atoms with van der Waals surface area (Å²) in [4.78, 5) is 11.7. The van der Waals surface area contributed by atoms with Gasteiger partial charge in [-0.25, -0.2) is 0 Å². The van der Waals surface area contributed by atoms with Crippen LogP contribution in [0, 0.1) is 5.92 Å². The van der Waals surface area contributed by atoms with Gasteiger partial charge in [0.05, 0.1) is 19.1 Å². The molecule has 0 saturated carbocycles. The summed E-state index contributed by atoms with van der Waals surface area (Å²) >= 11 is 0. The van der Waals surface area contributed by atoms with Crippen LogP contribution in [0.5, 0.6) is 0 Å². The summed E-state index contributed by atoms with van der Waals surface area (Å²) in [6, 6.07) is 2.24. The van der Waals surface area contributed by atoms with E-state index >= 15 is 0 Å². The molecule has 0 aliphatic carbocycles. The summed E-state index contributed by atoms with van der Waals surface area (Å²) in [6.07, 6.45) is 3.37. The molecule has 1 amide bonds. The number of carbonyl (C=O) groups excluding carboxylic acids is 1. The number of nitrogens with zero attached hydrogens (tertiary/aromatic N) is 2. The number of ether oxygens (including phenoxy) is 1. The fourth-order valence-electron chi connectivity index (χ4n) is 2.16. The molecule has 2 rings (SSSR count). The molecule has 1 fully saturated rings. The third-order valence-electron chi connectivity index (χ3n) is 3.21. The van der Waals surface area contributed by atoms with E-state index in [1.807, 2.05) is 16.9 Å². The highest BCUT2D eigenvalue weighted by Gasteiger charge is 2.17. The van der Waals surface area contributed by atoms with Crippen molar-refractivity contribution in [1.82, 2.24) is 15.1 Å². The van der Waals surface area contributed by atoms with Gasteiger partial charge >= 0.3 is 0 Å². The van der Waals surface area contributed by atoms with E-state index in [2.05, 4.69) is 29.6 Å². The second kappa shape index (κ2) is 7.40. The lowest BCUT2D eigenvalue weighted by atomic mass is 10.2. The van der Waals surface area contributed by atoms with Gasteiger partial charge in [0, 0.05) is 25.4 Å². The van der Waals surface area contributed by atoms with Crippen LogP contribution in [0.25, 0.3) is 0 Å². The van der Waals surface area contributed by atoms with Crippen molar-refractivity contribution in [2.75, 3.05) is 31.6 Å². The first-order valence-corrected chi connectivity index (χ1v) is 7.28. The van der Waals surface area contributed by atoms with Crippen molar-refractivity contribution in [3.05, 3.63) is 12.3 Å². The summed E-state index contributed by atoms with van der Waals surface area (Å²) in [5, 5.41) is 10.5. The van der Waals surface area contributed by atoms with Gasteiger partial charge in [-0.2, -0.15) is 5.10 Å². The second-order valence-electron chi connectivity index (χ2n) is 5.59. The fourth-order valence-corrected chi connectivity index (χ4v) is 2.16. The summed E-state index contributed by atoms with van der Waals surface area (Å²) in [7, 11) is 0. The molecule has 0 radical (unpaired) electrons. The van der Waals surface area contributed by atoms with E-state index in [0.29, 0.717) is 37.4 Å². The van der Waals surface area contributed by atoms with E-state index in [0.717, 1.165) is 19.5 Å². The summed E-state index contributed by atoms with van der Waals surface area (Å²) in [6.45, 7) is 7.29. The highest BCUT2D eigenvalue weighted by molar-refractivity contribution is 5.89. The van der Waals surface area contributed by atoms with Gasteiger partial charge in [0.15, 0.2) is 5.82 Å². The zero-order chi connectivity index (χ0) is 14.4. The molecular formula is C14H24N4O2. The first-order valence-electron chi connectivity index (χ1n) is 7.28. The average Bonchev–Trinajstić information content (AvgIpc) is 3.04. The molecular weight excluding hydrogens is 256 g/mol. The summed E-state index contributed by atoms with van der Waals surface area (Å²) in [5.41, 5.74) is 0. The maximum absolute atomic E-state index is 11.7. The molecule has 1 aromatic rings. The maximum Gasteiger partial charge on any atom is 0.227 e. The molecule has 0 bridgehead atoms. The Labute approximate surface area is 119 Å². The third-order valence-corrected chi connectivity index (χ3v) is 3.21. The lowest BCUT2D eigenvalue weighted by Crippen LogP contribution is -2.17. The Hall–Kier alpha value is -1.40. The molecule has 6 heteroatoms. The van der Waals surface area contributed by atoms with Crippen LogP contribution in [-0.4, -0.2) is 42.0 Å². The Morgan fingerprint density at radius 1 is 1.65 bits per heavy atom. The lowest BCUT2D eigenvalue weighted by Gasteiger charge is -2.08. The summed E-state index contributed by atoms with van der Waals surface area (Å²) in [5.74, 6) is 1.06. The predicted molar refractivity (Wildman–Crippen MR) is 77.7 cm³/mol. The number of rotatable bonds is 7. The number of carbonyl (C=O) groups is 1. The van der Waals surface area contributed by atoms with Crippen LogP contribution in [0.1, 0.15) is 32.7 Å². The smallest absolute Gasteiger partial charge is 0.227 e. The van der Waals surface area contributed by atoms with Crippen molar-refractivity contribution in [2.45, 2.75) is 32.7 Å². The van der Waals surface area contributed by atoms with Crippen LogP contribution in [0.3, 0.4) is 0 Å². The van der Waals surface area contributed by atoms with Crippen LogP contribution in [-0.2, 0) is 9.53 Å². The van der Waals surface area contributed by atoms with E-state index in [4.69, 9.17) is 4.74 Å². The minimum atomic E-state index is -0.0523. The average molecular weight is 280 g/mol. The number of nitrogens with one attached hydrogen (secondary N) is 2. The topological polar surface area (TPSA) is 68.2 Å². The molecule has 20 heavy (non-hydrogen) atoms. The molecule has 6 nitrogen and oxygen atoms in total. The van der Waals surface area contributed by atoms with E-state index in [1.54, 1.807) is 0 Å². The largest absolute Gasteiger partial charge is 0.381 e. The molecule has 112 valence electrons. The van der Waals surface area contributed by atoms with Gasteiger partial charge in [0.1, 0.15) is 0 Å². The van der Waals surface area contributed by atoms with E-state index in [-0.39, 0.29) is 5.91 Å². The van der Waals surface area contributed by atoms with Gasteiger partial charge in [-0.05, 0) is 18.9 Å². The summed E-state index contributed by atoms with van der Waals surface area (Å²) < 4.78 is 7.32. The van der Waals surface area contributed by atoms with Crippen LogP contribution < -0.4 is 10.6 Å². The number of anilines is 1. The van der Waals surface area contributed by atoms with Crippen molar-refractivity contribution in [3.8, 4) is 0 Å². The van der Waals surface area contributed by atoms with Crippen molar-refractivity contribution in [1.29, 1.82) is 0 Å². The highest BCUT2D eigenvalue weighted by atomic mass is 16.5. The Morgan fingerprint density at radius 3 is 3.20 bits per heavy atom. The van der Waals surface area contributed by atoms with Crippen LogP contribution in [0.4, 0.5) is 5.82 Å². The molecule has 1 atom stereocenters. The SMILES string of the molecule is CC(C)COCCC(=O)Nc1ccn([C@@H]2CCNC2)n1. The van der Waals surface area contributed by atoms with E-state index in [1.165, 1.54) is 0 Å². The Bertz CT molecular complexity index is 425. The number of aromatic nitrogens is 2. The van der Waals surface area contributed by atoms with Gasteiger partial charge < -0.3 is 15.4 Å². The molecule has 1 aliphatic rings. The van der Waals surface area contributed by atoms with Gasteiger partial charge in [-0.1, -0.05) is 13.8 Å². The van der Waals surface area contributed by atoms with Crippen molar-refractivity contribution >= 4 is 11.7 Å². The molecule has 0 aromatic carbocycles. The Balaban J connectivity index is 1.71. The normalized spacial score (nSPS) is 18.6. The molecule has 0 spiro atoms. The first kappa shape index (κ1) is 15.0. The van der Waals surface area contributed by atoms with Gasteiger partial charge in [0.25, 0.3) is 0 Å². The Kier molecular flexibility index (Phi) is 5.55. The zero-order valence-corrected chi connectivity index (χ0v) is 12.3. The first-order chi connectivity index (χ1) is 9.65. The standard InChI is InChI=1S/C14H24N4O2/c1-11(2)10-20-8-5-14(19)16-13-4-7-18(17-13)12-3-6-15-9-12/h4,7,11-12,15H,3,5-6,8-10H2,1-2H3,(H,16,17,19)/t12-/m1/s1. The van der Waals surface area contributed by atoms with Crippen LogP contribution in [0.2, 0.25) is 0 Å². The van der Waals surface area contributed by atoms with Crippen molar-refractivity contribution < 1.29 is 9.53 Å². The quantitative estimate of drug-likeness (QED) is 0.741. The third kappa shape index (κ3) is 4.61. The zero-order valence-electron chi connectivity index (χ0n) is 12.3. The molecule has 0 unspecified atom stereocenters. The molecule has 1 aromatic heterocycles. The highest BCUT2D eigenvalue weighted by Crippen LogP contribution is 2.15. The Morgan fingerprint density at radius 2 is 2.50 bits per heavy atom. The number of amides is 1. The molecule has 2 N–H and O–H groups in total. The van der Waals surface area contributed by atoms with E-state index < -0.39 is 0 Å². The minimum Gasteiger partial charge on any atom is -0.381 e. The van der Waals surface area contributed by atoms with Crippen LogP contribution in [0.15, 0.2) is 12.3 Å². The second-order valence-corrected chi connectivity index (χ2v) is 5.59. The molecule has 1 saturated heterocycles. The minimum absolute atomic E-state index is 0.0523. The number of hydrogen-bond acceptors (Lipinski definition) is 4. The van der Waals surface area contributed by atoms with Gasteiger partial charge in [0.2, 0.25) is 5.91 Å². The van der Waals surface area contributed by atoms with E-state index in [9.17, 15) is 4.79 Å². The van der Waals surface area contributed by atoms with Crippen molar-refractivity contribution in [2.24, 2.45) is 5.92 Å². The fraction of sp³-hybridized carbons (Fsp3) is 0.714. The monoisotopic (exact) mass is 280 g/mol.